The van der Waals surface area contributed by atoms with Crippen LogP contribution >= 0.6 is 0 Å². The van der Waals surface area contributed by atoms with Crippen LogP contribution in [0, 0.1) is 0 Å². The van der Waals surface area contributed by atoms with Crippen molar-refractivity contribution in [2.45, 2.75) is 51.0 Å². The number of rotatable bonds is 9. The van der Waals surface area contributed by atoms with E-state index in [0.29, 0.717) is 0 Å². The molecule has 1 rings (SSSR count). The minimum atomic E-state index is -3.25. The second kappa shape index (κ2) is 9.03. The molecule has 1 aromatic rings. The summed E-state index contributed by atoms with van der Waals surface area (Å²) in [7, 11) is 0. The molecule has 0 saturated heterocycles. The first-order chi connectivity index (χ1) is 9.61. The predicted octanol–water partition coefficient (Wildman–Crippen LogP) is 3.23. The van der Waals surface area contributed by atoms with Gasteiger partial charge in [0.1, 0.15) is 0 Å². The van der Waals surface area contributed by atoms with Gasteiger partial charge in [-0.25, -0.2) is 0 Å². The molecule has 0 fully saturated rings. The Bertz CT molecular complexity index is 388. The molecule has 2 N–H and O–H groups in total. The Hall–Kier alpha value is -0.101. The van der Waals surface area contributed by atoms with Gasteiger partial charge < -0.3 is 0 Å². The zero-order valence-corrected chi connectivity index (χ0v) is 16.2. The van der Waals surface area contributed by atoms with Gasteiger partial charge in [0.2, 0.25) is 0 Å². The van der Waals surface area contributed by atoms with E-state index in [1.54, 1.807) is 0 Å². The summed E-state index contributed by atoms with van der Waals surface area (Å²) >= 11 is -3.25. The second-order valence-corrected chi connectivity index (χ2v) is 14.7. The standard InChI is InChI=1S/C8H10N.2C3H7O.C2H5.Sn/c1-7(9)8-5-3-2-4-6-8;2*1-2-3-4;1-2;/h2-5,7H,9H2,1H3;2*2-3H2,1H3;1H2,2H3;/q;2*-1;;+2. The monoisotopic (exact) mass is 387 g/mol. The third-order valence-corrected chi connectivity index (χ3v) is 13.5. The van der Waals surface area contributed by atoms with Crippen molar-refractivity contribution in [1.29, 1.82) is 0 Å². The Morgan fingerprint density at radius 2 is 1.60 bits per heavy atom. The van der Waals surface area contributed by atoms with Crippen LogP contribution in [0.4, 0.5) is 0 Å². The van der Waals surface area contributed by atoms with E-state index in [-0.39, 0.29) is 6.04 Å². The molecule has 1 atom stereocenters. The molecule has 0 aromatic heterocycles. The van der Waals surface area contributed by atoms with Gasteiger partial charge in [-0.3, -0.25) is 0 Å². The summed E-state index contributed by atoms with van der Waals surface area (Å²) in [6.07, 6.45) is 2.04. The van der Waals surface area contributed by atoms with Gasteiger partial charge in [-0.1, -0.05) is 0 Å². The second-order valence-electron chi connectivity index (χ2n) is 5.18. The fraction of sp³-hybridized carbons (Fsp3) is 0.625. The van der Waals surface area contributed by atoms with Gasteiger partial charge in [-0.15, -0.1) is 0 Å². The molecule has 0 spiro atoms. The molecule has 0 radical (unpaired) electrons. The normalized spacial score (nSPS) is 13.4. The van der Waals surface area contributed by atoms with Crippen LogP contribution in [-0.4, -0.2) is 32.4 Å². The molecule has 0 amide bonds. The number of hydrogen-bond acceptors (Lipinski definition) is 3. The molecule has 0 heterocycles. The molecular weight excluding hydrogens is 357 g/mol. The van der Waals surface area contributed by atoms with E-state index < -0.39 is 19.2 Å². The molecule has 4 heteroatoms. The van der Waals surface area contributed by atoms with Crippen LogP contribution in [0.15, 0.2) is 24.3 Å². The molecule has 0 saturated carbocycles. The van der Waals surface area contributed by atoms with Gasteiger partial charge in [0, 0.05) is 0 Å². The first-order valence-electron chi connectivity index (χ1n) is 7.74. The van der Waals surface area contributed by atoms with Gasteiger partial charge >= 0.3 is 129 Å². The fourth-order valence-corrected chi connectivity index (χ4v) is 11.9. The van der Waals surface area contributed by atoms with Crippen LogP contribution < -0.4 is 9.31 Å². The molecule has 114 valence electrons. The Kier molecular flexibility index (Phi) is 8.10. The van der Waals surface area contributed by atoms with Crippen LogP contribution in [0.1, 0.15) is 52.1 Å². The minimum absolute atomic E-state index is 0.0179. The Morgan fingerprint density at radius 1 is 1.05 bits per heavy atom. The zero-order chi connectivity index (χ0) is 15.0. The SMILES string of the molecule is CCC[O][Sn]([CH2]C)([O]CCC)[c]1ccccc1C(C)N. The maximum absolute atomic E-state index is 6.34. The topological polar surface area (TPSA) is 44.5 Å². The Balaban J connectivity index is 3.20. The Morgan fingerprint density at radius 3 is 2.05 bits per heavy atom. The van der Waals surface area contributed by atoms with Gasteiger partial charge in [-0.2, -0.15) is 0 Å². The first-order valence-corrected chi connectivity index (χ1v) is 13.5. The van der Waals surface area contributed by atoms with Crippen LogP contribution in [-0.2, 0) is 6.15 Å². The summed E-state index contributed by atoms with van der Waals surface area (Å²) in [5, 5.41) is 0. The van der Waals surface area contributed by atoms with Gasteiger partial charge in [0.15, 0.2) is 0 Å². The number of benzene rings is 1. The average molecular weight is 386 g/mol. The van der Waals surface area contributed by atoms with Gasteiger partial charge in [-0.05, 0) is 0 Å². The van der Waals surface area contributed by atoms with Crippen molar-refractivity contribution in [2.75, 3.05) is 13.2 Å². The van der Waals surface area contributed by atoms with Crippen LogP contribution in [0.25, 0.3) is 0 Å². The van der Waals surface area contributed by atoms with Crippen molar-refractivity contribution in [3.8, 4) is 0 Å². The van der Waals surface area contributed by atoms with Gasteiger partial charge in [0.05, 0.1) is 0 Å². The van der Waals surface area contributed by atoms with E-state index in [2.05, 4.69) is 39.0 Å². The van der Waals surface area contributed by atoms with E-state index in [0.717, 1.165) is 30.5 Å². The summed E-state index contributed by atoms with van der Waals surface area (Å²) < 4.78 is 14.9. The van der Waals surface area contributed by atoms with Crippen LogP contribution in [0.5, 0.6) is 0 Å². The third kappa shape index (κ3) is 4.45. The average Bonchev–Trinajstić information content (AvgIpc) is 2.48. The number of nitrogens with two attached hydrogens (primary N) is 1. The summed E-state index contributed by atoms with van der Waals surface area (Å²) in [4.78, 5) is 0. The number of hydrogen-bond donors (Lipinski definition) is 1. The summed E-state index contributed by atoms with van der Waals surface area (Å²) in [6, 6.07) is 8.43. The molecule has 1 unspecified atom stereocenters. The van der Waals surface area contributed by atoms with Crippen LogP contribution in [0.2, 0.25) is 4.44 Å². The summed E-state index contributed by atoms with van der Waals surface area (Å²) in [5.74, 6) is 0. The van der Waals surface area contributed by atoms with E-state index in [9.17, 15) is 0 Å². The molecule has 0 bridgehead atoms. The molecule has 0 aliphatic carbocycles. The van der Waals surface area contributed by atoms with Crippen molar-refractivity contribution in [3.05, 3.63) is 29.8 Å². The van der Waals surface area contributed by atoms with Gasteiger partial charge in [0.25, 0.3) is 0 Å². The molecule has 0 aliphatic heterocycles. The summed E-state index contributed by atoms with van der Waals surface area (Å²) in [6.45, 7) is 10.1. The molecular formula is C16H29NO2Sn. The van der Waals surface area contributed by atoms with Crippen molar-refractivity contribution < 1.29 is 6.15 Å². The molecule has 0 aliphatic rings. The summed E-state index contributed by atoms with van der Waals surface area (Å²) in [5.41, 5.74) is 7.34. The van der Waals surface area contributed by atoms with Crippen molar-refractivity contribution in [1.82, 2.24) is 0 Å². The first kappa shape index (κ1) is 17.9. The van der Waals surface area contributed by atoms with E-state index in [1.807, 2.05) is 13.0 Å². The maximum atomic E-state index is 6.34. The predicted molar refractivity (Wildman–Crippen MR) is 87.4 cm³/mol. The van der Waals surface area contributed by atoms with E-state index in [1.165, 1.54) is 9.14 Å². The quantitative estimate of drug-likeness (QED) is 0.663. The van der Waals surface area contributed by atoms with E-state index in [4.69, 9.17) is 11.9 Å². The van der Waals surface area contributed by atoms with Crippen molar-refractivity contribution >= 4 is 22.8 Å². The van der Waals surface area contributed by atoms with E-state index >= 15 is 0 Å². The third-order valence-electron chi connectivity index (χ3n) is 3.41. The van der Waals surface area contributed by atoms with Crippen LogP contribution in [0.3, 0.4) is 0 Å². The molecule has 20 heavy (non-hydrogen) atoms. The van der Waals surface area contributed by atoms with Crippen molar-refractivity contribution in [2.24, 2.45) is 5.73 Å². The zero-order valence-electron chi connectivity index (χ0n) is 13.3. The molecule has 1 aromatic carbocycles. The fourth-order valence-electron chi connectivity index (χ4n) is 2.37. The van der Waals surface area contributed by atoms with Crippen molar-refractivity contribution in [3.63, 3.8) is 0 Å². The molecule has 3 nitrogen and oxygen atoms in total. The Labute approximate surface area is 128 Å².